The maximum atomic E-state index is 4.41. The third-order valence-corrected chi connectivity index (χ3v) is 2.84. The average Bonchev–Trinajstić information content (AvgIpc) is 2.50. The Hall–Kier alpha value is -1.11. The van der Waals surface area contributed by atoms with Crippen molar-refractivity contribution < 1.29 is 0 Å². The molecule has 0 saturated heterocycles. The summed E-state index contributed by atoms with van der Waals surface area (Å²) in [4.78, 5) is 4.41. The van der Waals surface area contributed by atoms with Crippen molar-refractivity contribution in [2.75, 3.05) is 0 Å². The minimum absolute atomic E-state index is 0.220. The number of hydrogen-bond donors (Lipinski definition) is 0. The summed E-state index contributed by atoms with van der Waals surface area (Å²) in [6.07, 6.45) is 3.01. The van der Waals surface area contributed by atoms with Crippen LogP contribution in [0.3, 0.4) is 0 Å². The van der Waals surface area contributed by atoms with Crippen LogP contribution >= 0.6 is 0 Å². The third kappa shape index (κ3) is 1.47. The van der Waals surface area contributed by atoms with E-state index in [2.05, 4.69) is 44.8 Å². The van der Waals surface area contributed by atoms with Crippen LogP contribution in [0.1, 0.15) is 37.5 Å². The molecule has 0 N–H and O–H groups in total. The number of benzene rings is 1. The highest BCUT2D eigenvalue weighted by Crippen LogP contribution is 2.33. The summed E-state index contributed by atoms with van der Waals surface area (Å²) in [5.74, 6) is 0. The Kier molecular flexibility index (Phi) is 1.99. The van der Waals surface area contributed by atoms with Gasteiger partial charge in [-0.25, -0.2) is 0 Å². The Morgan fingerprint density at radius 2 is 1.93 bits per heavy atom. The average molecular weight is 187 g/mol. The third-order valence-electron chi connectivity index (χ3n) is 2.84. The minimum Gasteiger partial charge on any atom is -0.261 e. The van der Waals surface area contributed by atoms with Gasteiger partial charge in [0.1, 0.15) is 0 Å². The molecule has 1 heterocycles. The molecule has 0 aliphatic carbocycles. The highest BCUT2D eigenvalue weighted by atomic mass is 14.7. The van der Waals surface area contributed by atoms with Gasteiger partial charge in [0.25, 0.3) is 0 Å². The van der Waals surface area contributed by atoms with Crippen molar-refractivity contribution in [1.82, 2.24) is 0 Å². The van der Waals surface area contributed by atoms with Crippen LogP contribution in [0.25, 0.3) is 0 Å². The standard InChI is InChI=1S/C13H17N/c1-9-7-10(13(2,3)4)8-12-11(9)5-6-14-12/h6-8H,5H2,1-4H3. The van der Waals surface area contributed by atoms with Gasteiger partial charge in [0.15, 0.2) is 0 Å². The molecule has 0 unspecified atom stereocenters. The van der Waals surface area contributed by atoms with Crippen molar-refractivity contribution in [2.45, 2.75) is 39.5 Å². The molecule has 0 radical (unpaired) electrons. The molecular formula is C13H17N. The summed E-state index contributed by atoms with van der Waals surface area (Å²) in [5.41, 5.74) is 5.56. The highest BCUT2D eigenvalue weighted by molar-refractivity contribution is 5.77. The van der Waals surface area contributed by atoms with Crippen molar-refractivity contribution in [3.05, 3.63) is 28.8 Å². The van der Waals surface area contributed by atoms with E-state index in [1.54, 1.807) is 0 Å². The van der Waals surface area contributed by atoms with Gasteiger partial charge in [0, 0.05) is 12.6 Å². The first kappa shape index (κ1) is 9.45. The summed E-state index contributed by atoms with van der Waals surface area (Å²) >= 11 is 0. The number of hydrogen-bond acceptors (Lipinski definition) is 1. The maximum absolute atomic E-state index is 4.41. The molecule has 1 aliphatic rings. The number of rotatable bonds is 0. The zero-order valence-electron chi connectivity index (χ0n) is 9.39. The SMILES string of the molecule is Cc1cc(C(C)(C)C)cc2c1CC=N2. The van der Waals surface area contributed by atoms with Gasteiger partial charge >= 0.3 is 0 Å². The summed E-state index contributed by atoms with van der Waals surface area (Å²) in [7, 11) is 0. The van der Waals surface area contributed by atoms with E-state index in [1.165, 1.54) is 22.4 Å². The van der Waals surface area contributed by atoms with Crippen molar-refractivity contribution >= 4 is 11.9 Å². The van der Waals surface area contributed by atoms with Crippen molar-refractivity contribution in [2.24, 2.45) is 4.99 Å². The fourth-order valence-corrected chi connectivity index (χ4v) is 1.85. The second-order valence-electron chi connectivity index (χ2n) is 5.06. The Balaban J connectivity index is 2.57. The predicted octanol–water partition coefficient (Wildman–Crippen LogP) is 3.55. The van der Waals surface area contributed by atoms with Crippen LogP contribution in [0.4, 0.5) is 5.69 Å². The van der Waals surface area contributed by atoms with E-state index >= 15 is 0 Å². The fourth-order valence-electron chi connectivity index (χ4n) is 1.85. The minimum atomic E-state index is 0.220. The van der Waals surface area contributed by atoms with Gasteiger partial charge in [0.2, 0.25) is 0 Å². The molecule has 0 atom stereocenters. The lowest BCUT2D eigenvalue weighted by Crippen LogP contribution is -2.11. The van der Waals surface area contributed by atoms with Crippen LogP contribution in [0, 0.1) is 6.92 Å². The lowest BCUT2D eigenvalue weighted by Gasteiger charge is -2.20. The molecular weight excluding hydrogens is 170 g/mol. The van der Waals surface area contributed by atoms with Crippen molar-refractivity contribution in [3.8, 4) is 0 Å². The Bertz CT molecular complexity index is 394. The molecule has 1 heteroatoms. The monoisotopic (exact) mass is 187 g/mol. The van der Waals surface area contributed by atoms with E-state index in [0.29, 0.717) is 0 Å². The van der Waals surface area contributed by atoms with Gasteiger partial charge in [0.05, 0.1) is 5.69 Å². The fraction of sp³-hybridized carbons (Fsp3) is 0.462. The van der Waals surface area contributed by atoms with E-state index < -0.39 is 0 Å². The molecule has 1 nitrogen and oxygen atoms in total. The van der Waals surface area contributed by atoms with Crippen molar-refractivity contribution in [1.29, 1.82) is 0 Å². The van der Waals surface area contributed by atoms with Gasteiger partial charge in [-0.3, -0.25) is 4.99 Å². The van der Waals surface area contributed by atoms with E-state index in [9.17, 15) is 0 Å². The van der Waals surface area contributed by atoms with Gasteiger partial charge in [-0.1, -0.05) is 26.8 Å². The van der Waals surface area contributed by atoms with Crippen LogP contribution in [0.5, 0.6) is 0 Å². The van der Waals surface area contributed by atoms with E-state index in [4.69, 9.17) is 0 Å². The maximum Gasteiger partial charge on any atom is 0.0667 e. The van der Waals surface area contributed by atoms with Crippen LogP contribution in [-0.4, -0.2) is 6.21 Å². The van der Waals surface area contributed by atoms with Gasteiger partial charge in [-0.15, -0.1) is 0 Å². The quantitative estimate of drug-likeness (QED) is 0.589. The molecule has 0 amide bonds. The van der Waals surface area contributed by atoms with Crippen molar-refractivity contribution in [3.63, 3.8) is 0 Å². The number of aliphatic imine (C=N–C) groups is 1. The molecule has 0 spiro atoms. The Labute approximate surface area is 85.9 Å². The predicted molar refractivity (Wildman–Crippen MR) is 61.7 cm³/mol. The van der Waals surface area contributed by atoms with E-state index in [1.807, 2.05) is 6.21 Å². The van der Waals surface area contributed by atoms with Gasteiger partial charge in [-0.05, 0) is 35.1 Å². The molecule has 74 valence electrons. The van der Waals surface area contributed by atoms with Crippen LogP contribution in [0.2, 0.25) is 0 Å². The van der Waals surface area contributed by atoms with E-state index in [0.717, 1.165) is 6.42 Å². The van der Waals surface area contributed by atoms with Crippen LogP contribution in [0.15, 0.2) is 17.1 Å². The number of aryl methyl sites for hydroxylation is 1. The molecule has 0 aromatic heterocycles. The number of fused-ring (bicyclic) bond motifs is 1. The largest absolute Gasteiger partial charge is 0.261 e. The zero-order valence-corrected chi connectivity index (χ0v) is 9.39. The first-order valence-corrected chi connectivity index (χ1v) is 5.15. The summed E-state index contributed by atoms with van der Waals surface area (Å²) in [5, 5.41) is 0. The molecule has 1 aromatic rings. The number of nitrogens with zero attached hydrogens (tertiary/aromatic N) is 1. The molecule has 0 fully saturated rings. The summed E-state index contributed by atoms with van der Waals surface area (Å²) in [6, 6.07) is 4.53. The zero-order chi connectivity index (χ0) is 10.3. The molecule has 2 rings (SSSR count). The van der Waals surface area contributed by atoms with Crippen LogP contribution < -0.4 is 0 Å². The van der Waals surface area contributed by atoms with Gasteiger partial charge in [-0.2, -0.15) is 0 Å². The topological polar surface area (TPSA) is 12.4 Å². The normalized spacial score (nSPS) is 14.6. The highest BCUT2D eigenvalue weighted by Gasteiger charge is 2.18. The lowest BCUT2D eigenvalue weighted by atomic mass is 9.85. The summed E-state index contributed by atoms with van der Waals surface area (Å²) in [6.45, 7) is 8.91. The first-order chi connectivity index (χ1) is 6.48. The Morgan fingerprint density at radius 1 is 1.21 bits per heavy atom. The second-order valence-corrected chi connectivity index (χ2v) is 5.06. The molecule has 1 aromatic carbocycles. The Morgan fingerprint density at radius 3 is 2.57 bits per heavy atom. The molecule has 1 aliphatic heterocycles. The smallest absolute Gasteiger partial charge is 0.0667 e. The summed E-state index contributed by atoms with van der Waals surface area (Å²) < 4.78 is 0. The van der Waals surface area contributed by atoms with E-state index in [-0.39, 0.29) is 5.41 Å². The molecule has 0 saturated carbocycles. The second kappa shape index (κ2) is 2.94. The lowest BCUT2D eigenvalue weighted by molar-refractivity contribution is 0.590. The first-order valence-electron chi connectivity index (χ1n) is 5.15. The molecule has 14 heavy (non-hydrogen) atoms. The van der Waals surface area contributed by atoms with Gasteiger partial charge < -0.3 is 0 Å². The van der Waals surface area contributed by atoms with Crippen LogP contribution in [-0.2, 0) is 11.8 Å². The molecule has 0 bridgehead atoms.